The van der Waals surface area contributed by atoms with Crippen molar-refractivity contribution in [3.8, 4) is 0 Å². The summed E-state index contributed by atoms with van der Waals surface area (Å²) in [6.07, 6.45) is 6.56. The number of rotatable bonds is 2. The minimum Gasteiger partial charge on any atom is -0.262 e. The van der Waals surface area contributed by atoms with E-state index in [4.69, 9.17) is 10.2 Å². The first-order valence-electron chi connectivity index (χ1n) is 4.88. The Bertz CT molecular complexity index is 480. The Labute approximate surface area is 157 Å². The van der Waals surface area contributed by atoms with Crippen molar-refractivity contribution in [1.29, 1.82) is 0 Å². The van der Waals surface area contributed by atoms with E-state index in [1.165, 1.54) is 18.2 Å². The van der Waals surface area contributed by atoms with E-state index >= 15 is 0 Å². The first-order chi connectivity index (χ1) is 8.61. The Kier molecular flexibility index (Phi) is 12.3. The zero-order chi connectivity index (χ0) is 13.4. The zero-order valence-electron chi connectivity index (χ0n) is 9.72. The molecule has 0 saturated heterocycles. The molecule has 2 rings (SSSR count). The first kappa shape index (κ1) is 21.1. The summed E-state index contributed by atoms with van der Waals surface area (Å²) < 4.78 is 0. The average molecular weight is 304 g/mol. The maximum Gasteiger partial charge on any atom is 0.0451 e. The fourth-order valence-corrected chi connectivity index (χ4v) is 1.04. The Morgan fingerprint density at radius 1 is 0.850 bits per heavy atom. The smallest absolute Gasteiger partial charge is 0.0451 e. The molecule has 0 spiro atoms. The molecule has 0 radical (unpaired) electrons. The van der Waals surface area contributed by atoms with Gasteiger partial charge in [0.05, 0.1) is 11.1 Å². The van der Waals surface area contributed by atoms with Crippen LogP contribution in [0.25, 0.3) is 0 Å². The summed E-state index contributed by atoms with van der Waals surface area (Å²) in [6, 6.07) is 5.20. The van der Waals surface area contributed by atoms with Gasteiger partial charge < -0.3 is 15.7 Å². The van der Waals surface area contributed by atoms with Crippen molar-refractivity contribution in [3.63, 3.8) is 0 Å². The minimum atomic E-state index is -1.13. The fourth-order valence-electron chi connectivity index (χ4n) is 1.04. The van der Waals surface area contributed by atoms with Crippen molar-refractivity contribution in [2.24, 2.45) is 0 Å². The molecule has 1 aromatic heterocycles. The second kappa shape index (κ2) is 11.6. The van der Waals surface area contributed by atoms with Crippen LogP contribution in [0.5, 0.6) is 0 Å². The summed E-state index contributed by atoms with van der Waals surface area (Å²) in [4.78, 5) is 28.2. The number of hydrogen-bond donors (Lipinski definition) is 2. The number of carboxylic acid groups (broad SMARTS) is 2. The number of aromatic carboxylic acids is 2. The van der Waals surface area contributed by atoms with Gasteiger partial charge in [0.1, 0.15) is 0 Å². The third-order valence-electron chi connectivity index (χ3n) is 1.83. The van der Waals surface area contributed by atoms with E-state index in [9.17, 15) is 9.59 Å². The Hall–Kier alpha value is -1.16. The van der Waals surface area contributed by atoms with E-state index in [0.29, 0.717) is 0 Å². The van der Waals surface area contributed by atoms with E-state index in [1.54, 1.807) is 24.8 Å². The van der Waals surface area contributed by atoms with Crippen LogP contribution in [0, 0.1) is 0 Å². The van der Waals surface area contributed by atoms with Gasteiger partial charge in [-0.15, -0.1) is 0 Å². The molecule has 8 heteroatoms. The molecular weight excluding hydrogens is 291 g/mol. The van der Waals surface area contributed by atoms with Crippen LogP contribution in [0.15, 0.2) is 49.1 Å². The summed E-state index contributed by atoms with van der Waals surface area (Å²) in [5, 5.41) is 17.0. The predicted octanol–water partition coefficient (Wildman–Crippen LogP) is 0.0864. The van der Waals surface area contributed by atoms with E-state index in [0.717, 1.165) is 6.07 Å². The van der Waals surface area contributed by atoms with E-state index in [1.807, 2.05) is 0 Å². The molecule has 20 heavy (non-hydrogen) atoms. The second-order valence-corrected chi connectivity index (χ2v) is 3.09. The maximum absolute atomic E-state index is 10.4. The van der Waals surface area contributed by atoms with Crippen molar-refractivity contribution in [2.75, 3.05) is 0 Å². The number of carboxylic acids is 2. The van der Waals surface area contributed by atoms with Crippen molar-refractivity contribution < 1.29 is 25.3 Å². The Morgan fingerprint density at radius 3 is 1.45 bits per heavy atom. The molecule has 1 heterocycles. The summed E-state index contributed by atoms with van der Waals surface area (Å²) >= 11 is 0. The van der Waals surface area contributed by atoms with Gasteiger partial charge in [0.25, 0.3) is 0 Å². The van der Waals surface area contributed by atoms with Gasteiger partial charge in [-0.1, -0.05) is 6.07 Å². The van der Waals surface area contributed by atoms with Gasteiger partial charge in [-0.05, 0) is 18.2 Å². The molecule has 7 nitrogen and oxygen atoms in total. The van der Waals surface area contributed by atoms with Gasteiger partial charge in [0, 0.05) is 24.8 Å². The van der Waals surface area contributed by atoms with Crippen LogP contribution >= 0.6 is 0 Å². The number of aromatic nitrogens is 2. The quantitative estimate of drug-likeness (QED) is 0.755. The van der Waals surface area contributed by atoms with Crippen LogP contribution in [-0.2, 0) is 0 Å². The SMILES string of the molecule is O.O=C(O)c1cccc(C(=O)O)c1.[KH].c1cnccn1. The zero-order valence-corrected chi connectivity index (χ0v) is 9.72. The summed E-state index contributed by atoms with van der Waals surface area (Å²) in [6.45, 7) is 0. The van der Waals surface area contributed by atoms with Crippen LogP contribution in [0.2, 0.25) is 0 Å². The first-order valence-corrected chi connectivity index (χ1v) is 4.88. The number of hydrogen-bond acceptors (Lipinski definition) is 4. The van der Waals surface area contributed by atoms with Gasteiger partial charge in [-0.2, -0.15) is 0 Å². The van der Waals surface area contributed by atoms with Gasteiger partial charge in [0.15, 0.2) is 0 Å². The molecule has 0 aliphatic carbocycles. The Morgan fingerprint density at radius 2 is 1.20 bits per heavy atom. The molecule has 1 aromatic carbocycles. The van der Waals surface area contributed by atoms with Gasteiger partial charge in [-0.3, -0.25) is 9.97 Å². The van der Waals surface area contributed by atoms with Crippen molar-refractivity contribution in [1.82, 2.24) is 9.97 Å². The van der Waals surface area contributed by atoms with Crippen LogP contribution in [0.1, 0.15) is 20.7 Å². The third-order valence-corrected chi connectivity index (χ3v) is 1.83. The van der Waals surface area contributed by atoms with Crippen LogP contribution in [0.4, 0.5) is 0 Å². The van der Waals surface area contributed by atoms with E-state index in [-0.39, 0.29) is 68.0 Å². The van der Waals surface area contributed by atoms with Crippen LogP contribution < -0.4 is 0 Å². The summed E-state index contributed by atoms with van der Waals surface area (Å²) in [5.74, 6) is -2.25. The Balaban J connectivity index is 0. The second-order valence-electron chi connectivity index (χ2n) is 3.09. The number of carbonyl (C=O) groups is 2. The molecule has 0 unspecified atom stereocenters. The normalized spacial score (nSPS) is 8.00. The summed E-state index contributed by atoms with van der Waals surface area (Å²) in [5.41, 5.74) is -0.0372. The number of benzene rings is 1. The molecule has 102 valence electrons. The molecule has 0 aliphatic rings. The van der Waals surface area contributed by atoms with Crippen LogP contribution in [0.3, 0.4) is 0 Å². The molecule has 0 bridgehead atoms. The van der Waals surface area contributed by atoms with Crippen molar-refractivity contribution >= 4 is 63.3 Å². The molecule has 0 aliphatic heterocycles. The topological polar surface area (TPSA) is 132 Å². The molecule has 0 saturated carbocycles. The van der Waals surface area contributed by atoms with Crippen molar-refractivity contribution in [3.05, 3.63) is 60.2 Å². The molecule has 4 N–H and O–H groups in total. The minimum absolute atomic E-state index is 0. The molecule has 2 aromatic rings. The maximum atomic E-state index is 10.4. The van der Waals surface area contributed by atoms with Crippen LogP contribution in [-0.4, -0.2) is 89.0 Å². The van der Waals surface area contributed by atoms with E-state index in [2.05, 4.69) is 9.97 Å². The third kappa shape index (κ3) is 8.10. The average Bonchev–Trinajstić information content (AvgIpc) is 2.41. The van der Waals surface area contributed by atoms with Gasteiger partial charge in [-0.25, -0.2) is 9.59 Å². The monoisotopic (exact) mass is 304 g/mol. The standard InChI is InChI=1S/C8H6O4.C4H4N2.K.H2O.H/c9-7(10)5-2-1-3-6(4-5)8(11)12;1-2-6-4-3-5-1;;;/h1-4H,(H,9,10)(H,11,12);1-4H;;1H2;. The molecular formula is C12H13KN2O5. The largest absolute Gasteiger partial charge is 0.262 e. The molecule has 0 amide bonds. The molecule has 0 atom stereocenters. The fraction of sp³-hybridized carbons (Fsp3) is 0. The van der Waals surface area contributed by atoms with Gasteiger partial charge >= 0.3 is 63.3 Å². The van der Waals surface area contributed by atoms with Gasteiger partial charge in [0.2, 0.25) is 0 Å². The molecule has 0 fully saturated rings. The predicted molar refractivity (Wildman–Crippen MR) is 73.2 cm³/mol. The van der Waals surface area contributed by atoms with Crippen molar-refractivity contribution in [2.45, 2.75) is 0 Å². The van der Waals surface area contributed by atoms with E-state index < -0.39 is 11.9 Å². The number of nitrogens with zero attached hydrogens (tertiary/aromatic N) is 2. The summed E-state index contributed by atoms with van der Waals surface area (Å²) in [7, 11) is 0.